The zero-order chi connectivity index (χ0) is 28.3. The van der Waals surface area contributed by atoms with Gasteiger partial charge in [-0.3, -0.25) is 0 Å². The Labute approximate surface area is 208 Å². The van der Waals surface area contributed by atoms with Crippen molar-refractivity contribution in [1.29, 1.82) is 0 Å². The minimum Gasteiger partial charge on any atom is -0.457 e. The number of hydrogen-bond acceptors (Lipinski definition) is 4. The second kappa shape index (κ2) is 11.1. The van der Waals surface area contributed by atoms with E-state index in [4.69, 9.17) is 4.74 Å². The van der Waals surface area contributed by atoms with Crippen molar-refractivity contribution in [1.82, 2.24) is 5.32 Å². The summed E-state index contributed by atoms with van der Waals surface area (Å²) in [5, 5.41) is 11.6. The summed E-state index contributed by atoms with van der Waals surface area (Å²) in [4.78, 5) is 0. The average Bonchev–Trinajstić information content (AvgIpc) is 2.78. The maximum absolute atomic E-state index is 14.7. The summed E-state index contributed by atoms with van der Waals surface area (Å²) >= 11 is 0. The Morgan fingerprint density at radius 1 is 0.763 bits per heavy atom. The van der Waals surface area contributed by atoms with Crippen molar-refractivity contribution in [3.8, 4) is 17.2 Å². The van der Waals surface area contributed by atoms with Crippen LogP contribution in [-0.2, 0) is 6.18 Å². The molecule has 0 saturated heterocycles. The van der Waals surface area contributed by atoms with Crippen LogP contribution in [0.4, 0.5) is 43.9 Å². The second-order valence-electron chi connectivity index (χ2n) is 7.83. The van der Waals surface area contributed by atoms with E-state index in [1.807, 2.05) is 0 Å². The zero-order valence-corrected chi connectivity index (χ0v) is 18.8. The van der Waals surface area contributed by atoms with E-state index in [0.717, 1.165) is 18.2 Å². The van der Waals surface area contributed by atoms with Crippen molar-refractivity contribution in [2.75, 3.05) is 6.54 Å². The Morgan fingerprint density at radius 2 is 1.37 bits per heavy atom. The minimum absolute atomic E-state index is 0.0122. The van der Waals surface area contributed by atoms with Crippen LogP contribution in [0.1, 0.15) is 22.7 Å². The molecule has 3 aromatic carbocycles. The van der Waals surface area contributed by atoms with Crippen LogP contribution in [0.25, 0.3) is 0 Å². The molecule has 0 aliphatic carbocycles. The molecule has 2 N–H and O–H groups in total. The lowest BCUT2D eigenvalue weighted by Gasteiger charge is -2.24. The fourth-order valence-corrected chi connectivity index (χ4v) is 3.32. The monoisotopic (exact) mass is 557 g/mol. The van der Waals surface area contributed by atoms with Crippen LogP contribution >= 0.6 is 0 Å². The molecular formula is C24H17F10NO3. The molecule has 0 heterocycles. The third-order valence-electron chi connectivity index (χ3n) is 5.00. The molecule has 3 aromatic rings. The SMILES string of the molecule is O[C@H](CNC(c1cccc(Oc2cccc(OC(F)(F)F)c2)c1)c1ccc(C(F)(F)F)cc1F)C(F)(F)F. The van der Waals surface area contributed by atoms with Gasteiger partial charge in [0.1, 0.15) is 23.1 Å². The molecular weight excluding hydrogens is 540 g/mol. The summed E-state index contributed by atoms with van der Waals surface area (Å²) in [5.74, 6) is -2.16. The first-order chi connectivity index (χ1) is 17.5. The molecule has 206 valence electrons. The third-order valence-corrected chi connectivity index (χ3v) is 5.00. The second-order valence-corrected chi connectivity index (χ2v) is 7.83. The van der Waals surface area contributed by atoms with Gasteiger partial charge in [0.2, 0.25) is 0 Å². The number of hydrogen-bond donors (Lipinski definition) is 2. The number of aliphatic hydroxyl groups is 1. The van der Waals surface area contributed by atoms with E-state index >= 15 is 0 Å². The minimum atomic E-state index is -5.04. The Balaban J connectivity index is 1.94. The van der Waals surface area contributed by atoms with E-state index in [2.05, 4.69) is 10.1 Å². The predicted molar refractivity (Wildman–Crippen MR) is 113 cm³/mol. The van der Waals surface area contributed by atoms with Crippen molar-refractivity contribution in [2.45, 2.75) is 30.9 Å². The standard InChI is InChI=1S/C24H17F10NO3/c25-19-10-14(22(26,27)28)7-8-18(19)21(35-12-20(36)23(29,30)31)13-3-1-4-15(9-13)37-16-5-2-6-17(11-16)38-24(32,33)34/h1-11,20-21,35-36H,12H2/t20-,21?/m1/s1. The van der Waals surface area contributed by atoms with Gasteiger partial charge < -0.3 is 19.9 Å². The number of alkyl halides is 9. The zero-order valence-electron chi connectivity index (χ0n) is 18.8. The Hall–Kier alpha value is -3.52. The highest BCUT2D eigenvalue weighted by Gasteiger charge is 2.39. The number of rotatable bonds is 8. The third kappa shape index (κ3) is 7.99. The Kier molecular flexibility index (Phi) is 8.46. The molecule has 2 atom stereocenters. The van der Waals surface area contributed by atoms with Gasteiger partial charge in [0.25, 0.3) is 0 Å². The topological polar surface area (TPSA) is 50.7 Å². The van der Waals surface area contributed by atoms with E-state index in [1.54, 1.807) is 0 Å². The first-order valence-corrected chi connectivity index (χ1v) is 10.5. The first kappa shape index (κ1) is 29.0. The predicted octanol–water partition coefficient (Wildman–Crippen LogP) is 7.14. The van der Waals surface area contributed by atoms with E-state index in [-0.39, 0.29) is 23.1 Å². The number of nitrogens with one attached hydrogen (secondary N) is 1. The molecule has 1 unspecified atom stereocenters. The van der Waals surface area contributed by atoms with Gasteiger partial charge in [-0.05, 0) is 42.0 Å². The molecule has 0 bridgehead atoms. The van der Waals surface area contributed by atoms with Crippen LogP contribution < -0.4 is 14.8 Å². The number of ether oxygens (including phenoxy) is 2. The highest BCUT2D eigenvalue weighted by Crippen LogP contribution is 2.35. The van der Waals surface area contributed by atoms with E-state index < -0.39 is 60.1 Å². The Morgan fingerprint density at radius 3 is 1.95 bits per heavy atom. The largest absolute Gasteiger partial charge is 0.573 e. The highest BCUT2D eigenvalue weighted by molar-refractivity contribution is 5.42. The molecule has 38 heavy (non-hydrogen) atoms. The van der Waals surface area contributed by atoms with Gasteiger partial charge in [-0.25, -0.2) is 4.39 Å². The summed E-state index contributed by atoms with van der Waals surface area (Å²) in [6.45, 7) is -1.14. The number of halogens is 10. The molecule has 0 aromatic heterocycles. The van der Waals surface area contributed by atoms with Crippen molar-refractivity contribution in [2.24, 2.45) is 0 Å². The lowest BCUT2D eigenvalue weighted by molar-refractivity contribution is -0.274. The van der Waals surface area contributed by atoms with Crippen LogP contribution in [0.5, 0.6) is 17.2 Å². The number of aliphatic hydroxyl groups excluding tert-OH is 1. The van der Waals surface area contributed by atoms with Gasteiger partial charge in [-0.2, -0.15) is 26.3 Å². The summed E-state index contributed by atoms with van der Waals surface area (Å²) in [6, 6.07) is 9.48. The van der Waals surface area contributed by atoms with Gasteiger partial charge in [0, 0.05) is 18.2 Å². The van der Waals surface area contributed by atoms with Gasteiger partial charge in [-0.1, -0.05) is 24.3 Å². The van der Waals surface area contributed by atoms with E-state index in [0.29, 0.717) is 6.07 Å². The van der Waals surface area contributed by atoms with Crippen molar-refractivity contribution in [3.63, 3.8) is 0 Å². The van der Waals surface area contributed by atoms with Crippen LogP contribution in [0.15, 0.2) is 66.7 Å². The molecule has 0 fully saturated rings. The van der Waals surface area contributed by atoms with Crippen LogP contribution in [0.2, 0.25) is 0 Å². The summed E-state index contributed by atoms with van der Waals surface area (Å²) in [5.41, 5.74) is -1.78. The lowest BCUT2D eigenvalue weighted by Crippen LogP contribution is -2.40. The molecule has 0 aliphatic rings. The van der Waals surface area contributed by atoms with Crippen LogP contribution in [0.3, 0.4) is 0 Å². The molecule has 3 rings (SSSR count). The van der Waals surface area contributed by atoms with Crippen LogP contribution in [0, 0.1) is 5.82 Å². The van der Waals surface area contributed by atoms with Crippen LogP contribution in [-0.4, -0.2) is 30.3 Å². The fraction of sp³-hybridized carbons (Fsp3) is 0.250. The average molecular weight is 557 g/mol. The lowest BCUT2D eigenvalue weighted by atomic mass is 9.96. The maximum Gasteiger partial charge on any atom is 0.573 e. The van der Waals surface area contributed by atoms with Crippen molar-refractivity contribution >= 4 is 0 Å². The summed E-state index contributed by atoms with van der Waals surface area (Å²) in [6.07, 6.45) is -17.8. The van der Waals surface area contributed by atoms with E-state index in [1.165, 1.54) is 36.4 Å². The molecule has 14 heteroatoms. The Bertz CT molecular complexity index is 1240. The molecule has 0 spiro atoms. The summed E-state index contributed by atoms with van der Waals surface area (Å²) in [7, 11) is 0. The normalized spacial score (nSPS) is 14.2. The van der Waals surface area contributed by atoms with Gasteiger partial charge in [0.05, 0.1) is 11.6 Å². The quantitative estimate of drug-likeness (QED) is 0.289. The molecule has 0 amide bonds. The van der Waals surface area contributed by atoms with Crippen molar-refractivity contribution < 1.29 is 58.5 Å². The highest BCUT2D eigenvalue weighted by atomic mass is 19.4. The molecule has 0 aliphatic heterocycles. The molecule has 0 saturated carbocycles. The molecule has 0 radical (unpaired) electrons. The van der Waals surface area contributed by atoms with Gasteiger partial charge in [-0.15, -0.1) is 13.2 Å². The van der Waals surface area contributed by atoms with E-state index in [9.17, 15) is 49.0 Å². The molecule has 4 nitrogen and oxygen atoms in total. The fourth-order valence-electron chi connectivity index (χ4n) is 3.32. The summed E-state index contributed by atoms with van der Waals surface area (Å²) < 4.78 is 139. The first-order valence-electron chi connectivity index (χ1n) is 10.5. The van der Waals surface area contributed by atoms with Crippen molar-refractivity contribution in [3.05, 3.63) is 89.2 Å². The smallest absolute Gasteiger partial charge is 0.457 e. The maximum atomic E-state index is 14.7. The van der Waals surface area contributed by atoms with Gasteiger partial charge in [0.15, 0.2) is 6.10 Å². The van der Waals surface area contributed by atoms with Gasteiger partial charge >= 0.3 is 18.7 Å². The number of benzene rings is 3.